The summed E-state index contributed by atoms with van der Waals surface area (Å²) in [6.45, 7) is 5.99. The molecule has 1 aromatic carbocycles. The van der Waals surface area contributed by atoms with Gasteiger partial charge in [-0.15, -0.1) is 0 Å². The van der Waals surface area contributed by atoms with Gasteiger partial charge in [0.05, 0.1) is 0 Å². The minimum atomic E-state index is -1.09. The molecule has 0 aliphatic carbocycles. The molecule has 0 radical (unpaired) electrons. The lowest BCUT2D eigenvalue weighted by Crippen LogP contribution is -2.13. The first-order chi connectivity index (χ1) is 6.38. The number of carbonyl (C=O) groups excluding carboxylic acids is 1. The minimum absolute atomic E-state index is 0.700. The molecule has 0 N–H and O–H groups in total. The van der Waals surface area contributed by atoms with E-state index < -0.39 is 3.78 Å². The number of aryl methyl sites for hydroxylation is 3. The third kappa shape index (κ3) is 2.18. The zero-order valence-corrected chi connectivity index (χ0v) is 10.7. The van der Waals surface area contributed by atoms with Crippen LogP contribution in [0.4, 0.5) is 0 Å². The second-order valence-electron chi connectivity index (χ2n) is 3.49. The van der Waals surface area contributed by atoms with E-state index in [1.54, 1.807) is 0 Å². The Labute approximate surface area is 97.6 Å². The Morgan fingerprint density at radius 3 is 2.21 bits per heavy atom. The minimum Gasteiger partial charge on any atom is -0.300 e. The molecule has 0 fully saturated rings. The first-order valence-electron chi connectivity index (χ1n) is 4.31. The summed E-state index contributed by atoms with van der Waals surface area (Å²) in [5.41, 5.74) is 4.18. The number of aldehydes is 1. The van der Waals surface area contributed by atoms with Gasteiger partial charge < -0.3 is 4.79 Å². The Hall–Kier alpha value is -0.340. The molecule has 1 rings (SSSR count). The summed E-state index contributed by atoms with van der Waals surface area (Å²) < 4.78 is -1.09. The second kappa shape index (κ2) is 4.03. The van der Waals surface area contributed by atoms with Crippen molar-refractivity contribution >= 4 is 33.8 Å². The summed E-state index contributed by atoms with van der Waals surface area (Å²) >= 11 is 9.22. The summed E-state index contributed by atoms with van der Waals surface area (Å²) in [4.78, 5) is 10.8. The molecule has 0 aromatic heterocycles. The van der Waals surface area contributed by atoms with Crippen molar-refractivity contribution in [3.05, 3.63) is 34.4 Å². The molecule has 1 aromatic rings. The molecule has 1 unspecified atom stereocenters. The standard InChI is InChI=1S/C11H12BrClO/c1-7-4-9(3)10(5-8(7)2)11(12,13)6-14/h4-6H,1-3H3. The van der Waals surface area contributed by atoms with Crippen molar-refractivity contribution in [2.45, 2.75) is 24.6 Å². The maximum absolute atomic E-state index is 10.8. The van der Waals surface area contributed by atoms with Gasteiger partial charge in [-0.2, -0.15) is 0 Å². The third-order valence-electron chi connectivity index (χ3n) is 2.35. The highest BCUT2D eigenvalue weighted by Crippen LogP contribution is 2.36. The second-order valence-corrected chi connectivity index (χ2v) is 5.80. The maximum atomic E-state index is 10.8. The lowest BCUT2D eigenvalue weighted by molar-refractivity contribution is -0.108. The Bertz CT molecular complexity index is 372. The van der Waals surface area contributed by atoms with Crippen molar-refractivity contribution in [3.63, 3.8) is 0 Å². The van der Waals surface area contributed by atoms with Crippen molar-refractivity contribution in [2.75, 3.05) is 0 Å². The van der Waals surface area contributed by atoms with Crippen molar-refractivity contribution in [1.82, 2.24) is 0 Å². The molecule has 0 aliphatic rings. The highest BCUT2D eigenvalue weighted by molar-refractivity contribution is 9.10. The average Bonchev–Trinajstić information content (AvgIpc) is 2.11. The van der Waals surface area contributed by atoms with Crippen LogP contribution in [0.2, 0.25) is 0 Å². The number of carbonyl (C=O) groups is 1. The van der Waals surface area contributed by atoms with Gasteiger partial charge in [0.15, 0.2) is 10.1 Å². The SMILES string of the molecule is Cc1cc(C)c(C(Cl)(Br)C=O)cc1C. The van der Waals surface area contributed by atoms with Crippen LogP contribution < -0.4 is 0 Å². The van der Waals surface area contributed by atoms with Gasteiger partial charge >= 0.3 is 0 Å². The molecule has 3 heteroatoms. The van der Waals surface area contributed by atoms with E-state index in [4.69, 9.17) is 11.6 Å². The number of halogens is 2. The van der Waals surface area contributed by atoms with E-state index in [1.807, 2.05) is 32.9 Å². The van der Waals surface area contributed by atoms with Crippen molar-refractivity contribution in [3.8, 4) is 0 Å². The molecule has 0 amide bonds. The van der Waals surface area contributed by atoms with Gasteiger partial charge in [-0.05, 0) is 43.0 Å². The molecule has 0 bridgehead atoms. The quantitative estimate of drug-likeness (QED) is 0.595. The Kier molecular flexibility index (Phi) is 3.38. The smallest absolute Gasteiger partial charge is 0.179 e. The average molecular weight is 276 g/mol. The summed E-state index contributed by atoms with van der Waals surface area (Å²) in [5, 5.41) is 0. The van der Waals surface area contributed by atoms with Crippen molar-refractivity contribution < 1.29 is 4.79 Å². The fourth-order valence-electron chi connectivity index (χ4n) is 1.38. The lowest BCUT2D eigenvalue weighted by Gasteiger charge is -2.17. The van der Waals surface area contributed by atoms with Gasteiger partial charge in [-0.1, -0.05) is 39.7 Å². The van der Waals surface area contributed by atoms with Crippen molar-refractivity contribution in [2.24, 2.45) is 0 Å². The monoisotopic (exact) mass is 274 g/mol. The number of hydrogen-bond acceptors (Lipinski definition) is 1. The number of rotatable bonds is 2. The molecule has 14 heavy (non-hydrogen) atoms. The largest absolute Gasteiger partial charge is 0.300 e. The Balaban J connectivity index is 3.36. The third-order valence-corrected chi connectivity index (χ3v) is 3.25. The maximum Gasteiger partial charge on any atom is 0.179 e. The summed E-state index contributed by atoms with van der Waals surface area (Å²) in [6, 6.07) is 3.98. The van der Waals surface area contributed by atoms with Gasteiger partial charge in [0.1, 0.15) is 0 Å². The Morgan fingerprint density at radius 2 is 1.71 bits per heavy atom. The molecule has 76 valence electrons. The van der Waals surface area contributed by atoms with Crippen LogP contribution in [0.5, 0.6) is 0 Å². The zero-order chi connectivity index (χ0) is 10.9. The number of benzene rings is 1. The molecule has 0 aliphatic heterocycles. The normalized spacial score (nSPS) is 14.9. The van der Waals surface area contributed by atoms with Crippen LogP contribution in [0.25, 0.3) is 0 Å². The van der Waals surface area contributed by atoms with E-state index in [-0.39, 0.29) is 0 Å². The van der Waals surface area contributed by atoms with E-state index in [9.17, 15) is 4.79 Å². The molecular formula is C11H12BrClO. The highest BCUT2D eigenvalue weighted by atomic mass is 79.9. The topological polar surface area (TPSA) is 17.1 Å². The molecule has 0 saturated carbocycles. The molecule has 0 saturated heterocycles. The van der Waals surface area contributed by atoms with E-state index in [0.717, 1.165) is 16.7 Å². The molecular weight excluding hydrogens is 263 g/mol. The van der Waals surface area contributed by atoms with Crippen molar-refractivity contribution in [1.29, 1.82) is 0 Å². The van der Waals surface area contributed by atoms with Crippen LogP contribution in [0.1, 0.15) is 22.3 Å². The van der Waals surface area contributed by atoms with Crippen LogP contribution in [0.15, 0.2) is 12.1 Å². The van der Waals surface area contributed by atoms with Crippen LogP contribution in [0, 0.1) is 20.8 Å². The van der Waals surface area contributed by atoms with Crippen LogP contribution in [0.3, 0.4) is 0 Å². The summed E-state index contributed by atoms with van der Waals surface area (Å²) in [6.07, 6.45) is 0.700. The van der Waals surface area contributed by atoms with E-state index in [0.29, 0.717) is 6.29 Å². The molecule has 1 atom stereocenters. The predicted molar refractivity (Wildman–Crippen MR) is 63.2 cm³/mol. The van der Waals surface area contributed by atoms with Crippen LogP contribution in [-0.4, -0.2) is 6.29 Å². The fourth-order valence-corrected chi connectivity index (χ4v) is 2.01. The molecule has 1 nitrogen and oxygen atoms in total. The molecule has 0 spiro atoms. The molecule has 0 heterocycles. The number of alkyl halides is 2. The Morgan fingerprint density at radius 1 is 1.21 bits per heavy atom. The van der Waals surface area contributed by atoms with Crippen LogP contribution >= 0.6 is 27.5 Å². The highest BCUT2D eigenvalue weighted by Gasteiger charge is 2.27. The zero-order valence-electron chi connectivity index (χ0n) is 8.40. The van der Waals surface area contributed by atoms with Gasteiger partial charge in [0.25, 0.3) is 0 Å². The lowest BCUT2D eigenvalue weighted by atomic mass is 9.99. The van der Waals surface area contributed by atoms with Crippen LogP contribution in [-0.2, 0) is 8.58 Å². The van der Waals surface area contributed by atoms with Gasteiger partial charge in [0.2, 0.25) is 0 Å². The first-order valence-corrected chi connectivity index (χ1v) is 5.48. The van der Waals surface area contributed by atoms with E-state index in [1.165, 1.54) is 5.56 Å². The van der Waals surface area contributed by atoms with Gasteiger partial charge in [-0.25, -0.2) is 0 Å². The summed E-state index contributed by atoms with van der Waals surface area (Å²) in [5.74, 6) is 0. The van der Waals surface area contributed by atoms with Gasteiger partial charge in [-0.3, -0.25) is 0 Å². The summed E-state index contributed by atoms with van der Waals surface area (Å²) in [7, 11) is 0. The van der Waals surface area contributed by atoms with Gasteiger partial charge in [0, 0.05) is 0 Å². The van der Waals surface area contributed by atoms with E-state index in [2.05, 4.69) is 15.9 Å². The predicted octanol–water partition coefficient (Wildman–Crippen LogP) is 3.60. The number of hydrogen-bond donors (Lipinski definition) is 0. The van der Waals surface area contributed by atoms with E-state index >= 15 is 0 Å². The fraction of sp³-hybridized carbons (Fsp3) is 0.364. The first kappa shape index (κ1) is 11.7.